The van der Waals surface area contributed by atoms with Crippen LogP contribution in [0.3, 0.4) is 0 Å². The van der Waals surface area contributed by atoms with Gasteiger partial charge in [-0.05, 0) is 0 Å². The zero-order chi connectivity index (χ0) is 13.4. The molecule has 1 unspecified atom stereocenters. The average molecular weight is 258 g/mol. The molecule has 98 valence electrons. The maximum atomic E-state index is 12.3. The number of hydrogen-bond donors (Lipinski definition) is 2. The van der Waals surface area contributed by atoms with Crippen LogP contribution in [0.4, 0.5) is 4.79 Å². The topological polar surface area (TPSA) is 69.6 Å². The van der Waals surface area contributed by atoms with Crippen LogP contribution in [0.2, 0.25) is 0 Å². The summed E-state index contributed by atoms with van der Waals surface area (Å²) in [5, 5.41) is 12.2. The van der Waals surface area contributed by atoms with Crippen LogP contribution in [0.5, 0.6) is 0 Å². The van der Waals surface area contributed by atoms with Gasteiger partial charge in [0.2, 0.25) is 0 Å². The lowest BCUT2D eigenvalue weighted by molar-refractivity contribution is 0.0947. The number of nitrogens with zero attached hydrogens (tertiary/aromatic N) is 1. The predicted molar refractivity (Wildman–Crippen MR) is 68.7 cm³/mol. The molecule has 0 spiro atoms. The highest BCUT2D eigenvalue weighted by Gasteiger charge is 2.37. The third kappa shape index (κ3) is 1.97. The van der Waals surface area contributed by atoms with Gasteiger partial charge in [0.1, 0.15) is 0 Å². The highest BCUT2D eigenvalue weighted by Crippen LogP contribution is 2.31. The van der Waals surface area contributed by atoms with E-state index in [0.717, 1.165) is 11.4 Å². The monoisotopic (exact) mass is 258 g/mol. The summed E-state index contributed by atoms with van der Waals surface area (Å²) in [5.74, 6) is 0.0142. The van der Waals surface area contributed by atoms with Crippen molar-refractivity contribution in [2.75, 3.05) is 6.54 Å². The van der Waals surface area contributed by atoms with Crippen molar-refractivity contribution in [2.24, 2.45) is 0 Å². The summed E-state index contributed by atoms with van der Waals surface area (Å²) in [6.45, 7) is 0.485. The smallest absolute Gasteiger partial charge is 0.411 e. The molecule has 0 bridgehead atoms. The molecule has 0 aromatic heterocycles. The molecule has 0 fully saturated rings. The molecule has 5 heteroatoms. The number of nitrogens with one attached hydrogen (secondary N) is 1. The highest BCUT2D eigenvalue weighted by atomic mass is 16.4. The zero-order valence-corrected chi connectivity index (χ0v) is 10.3. The molecule has 3 rings (SSSR count). The Balaban J connectivity index is 1.75. The Bertz CT molecular complexity index is 565. The Labute approximate surface area is 110 Å². The number of ketones is 1. The van der Waals surface area contributed by atoms with Crippen molar-refractivity contribution in [2.45, 2.75) is 18.9 Å². The molecule has 0 radical (unpaired) electrons. The Hall–Kier alpha value is -2.30. The SMILES string of the molecule is O=C(c1ccccc1)C1CC2=C(CCN2C(=O)O)N1. The van der Waals surface area contributed by atoms with E-state index in [0.29, 0.717) is 24.9 Å². The van der Waals surface area contributed by atoms with E-state index in [4.69, 9.17) is 5.11 Å². The van der Waals surface area contributed by atoms with Crippen molar-refractivity contribution >= 4 is 11.9 Å². The summed E-state index contributed by atoms with van der Waals surface area (Å²) >= 11 is 0. The first-order valence-corrected chi connectivity index (χ1v) is 6.25. The molecular weight excluding hydrogens is 244 g/mol. The number of benzene rings is 1. The van der Waals surface area contributed by atoms with Gasteiger partial charge in [-0.3, -0.25) is 9.69 Å². The van der Waals surface area contributed by atoms with Gasteiger partial charge in [0.15, 0.2) is 5.78 Å². The molecule has 1 amide bonds. The van der Waals surface area contributed by atoms with Crippen molar-refractivity contribution in [3.05, 3.63) is 47.3 Å². The largest absolute Gasteiger partial charge is 0.465 e. The third-order valence-electron chi connectivity index (χ3n) is 3.61. The van der Waals surface area contributed by atoms with Gasteiger partial charge in [0.25, 0.3) is 0 Å². The van der Waals surface area contributed by atoms with Crippen molar-refractivity contribution in [3.8, 4) is 0 Å². The van der Waals surface area contributed by atoms with Crippen molar-refractivity contribution in [1.29, 1.82) is 0 Å². The fraction of sp³-hybridized carbons (Fsp3) is 0.286. The Morgan fingerprint density at radius 2 is 2.00 bits per heavy atom. The first-order chi connectivity index (χ1) is 9.16. The molecule has 0 aliphatic carbocycles. The first kappa shape index (κ1) is 11.8. The standard InChI is InChI=1S/C14H14N2O3/c17-13(9-4-2-1-3-5-9)11-8-12-10(15-11)6-7-16(12)14(18)19/h1-5,11,15H,6-8H2,(H,18,19). The van der Waals surface area contributed by atoms with Gasteiger partial charge in [0.05, 0.1) is 6.04 Å². The molecule has 0 saturated heterocycles. The van der Waals surface area contributed by atoms with Crippen LogP contribution in [0.1, 0.15) is 23.2 Å². The molecule has 2 heterocycles. The van der Waals surface area contributed by atoms with Gasteiger partial charge < -0.3 is 10.4 Å². The number of carbonyl (C=O) groups excluding carboxylic acids is 1. The molecule has 5 nitrogen and oxygen atoms in total. The van der Waals surface area contributed by atoms with Crippen molar-refractivity contribution in [3.63, 3.8) is 0 Å². The minimum atomic E-state index is -0.945. The lowest BCUT2D eigenvalue weighted by atomic mass is 10.0. The first-order valence-electron chi connectivity index (χ1n) is 6.25. The molecule has 2 aliphatic rings. The number of Topliss-reactive ketones (excluding diaryl/α,β-unsaturated/α-hetero) is 1. The molecule has 0 saturated carbocycles. The molecule has 2 N–H and O–H groups in total. The summed E-state index contributed by atoms with van der Waals surface area (Å²) in [4.78, 5) is 24.7. The predicted octanol–water partition coefficient (Wildman–Crippen LogP) is 1.83. The lowest BCUT2D eigenvalue weighted by Gasteiger charge is -2.17. The summed E-state index contributed by atoms with van der Waals surface area (Å²) in [6.07, 6.45) is 0.176. The van der Waals surface area contributed by atoms with Crippen molar-refractivity contribution in [1.82, 2.24) is 10.2 Å². The maximum Gasteiger partial charge on any atom is 0.411 e. The van der Waals surface area contributed by atoms with Crippen LogP contribution in [-0.2, 0) is 0 Å². The number of carboxylic acid groups (broad SMARTS) is 1. The van der Waals surface area contributed by atoms with E-state index < -0.39 is 6.09 Å². The molecule has 2 aliphatic heterocycles. The summed E-state index contributed by atoms with van der Waals surface area (Å²) in [6, 6.07) is 8.74. The molecule has 1 aromatic carbocycles. The van der Waals surface area contributed by atoms with Gasteiger partial charge in [0, 0.05) is 36.3 Å². The van der Waals surface area contributed by atoms with E-state index in [1.165, 1.54) is 4.90 Å². The zero-order valence-electron chi connectivity index (χ0n) is 10.3. The highest BCUT2D eigenvalue weighted by molar-refractivity contribution is 6.00. The average Bonchev–Trinajstić information content (AvgIpc) is 2.98. The number of hydrogen-bond acceptors (Lipinski definition) is 3. The fourth-order valence-electron chi connectivity index (χ4n) is 2.68. The molecular formula is C14H14N2O3. The Morgan fingerprint density at radius 1 is 1.26 bits per heavy atom. The minimum absolute atomic E-state index is 0.0142. The minimum Gasteiger partial charge on any atom is -0.465 e. The molecule has 1 aromatic rings. The van der Waals surface area contributed by atoms with Crippen molar-refractivity contribution < 1.29 is 14.7 Å². The second kappa shape index (κ2) is 4.42. The van der Waals surface area contributed by atoms with Crippen LogP contribution in [0.15, 0.2) is 41.7 Å². The van der Waals surface area contributed by atoms with Crippen LogP contribution in [0, 0.1) is 0 Å². The van der Waals surface area contributed by atoms with Crippen LogP contribution in [-0.4, -0.2) is 34.5 Å². The normalized spacial score (nSPS) is 21.3. The lowest BCUT2D eigenvalue weighted by Crippen LogP contribution is -2.34. The summed E-state index contributed by atoms with van der Waals surface area (Å²) in [5.41, 5.74) is 2.31. The Kier molecular flexibility index (Phi) is 2.74. The molecule has 19 heavy (non-hydrogen) atoms. The number of rotatable bonds is 2. The van der Waals surface area contributed by atoms with Crippen LogP contribution >= 0.6 is 0 Å². The van der Waals surface area contributed by atoms with Crippen LogP contribution < -0.4 is 5.32 Å². The third-order valence-corrected chi connectivity index (χ3v) is 3.61. The van der Waals surface area contributed by atoms with E-state index in [1.807, 2.05) is 18.2 Å². The second-order valence-corrected chi connectivity index (χ2v) is 4.74. The summed E-state index contributed by atoms with van der Waals surface area (Å²) in [7, 11) is 0. The maximum absolute atomic E-state index is 12.3. The van der Waals surface area contributed by atoms with Gasteiger partial charge in [-0.2, -0.15) is 0 Å². The van der Waals surface area contributed by atoms with Gasteiger partial charge >= 0.3 is 6.09 Å². The quantitative estimate of drug-likeness (QED) is 0.794. The fourth-order valence-corrected chi connectivity index (χ4v) is 2.68. The van der Waals surface area contributed by atoms with Gasteiger partial charge in [-0.15, -0.1) is 0 Å². The second-order valence-electron chi connectivity index (χ2n) is 4.74. The Morgan fingerprint density at radius 3 is 2.68 bits per heavy atom. The summed E-state index contributed by atoms with van der Waals surface area (Å²) < 4.78 is 0. The van der Waals surface area contributed by atoms with E-state index in [2.05, 4.69) is 5.32 Å². The number of amides is 1. The van der Waals surface area contributed by atoms with Gasteiger partial charge in [-0.1, -0.05) is 30.3 Å². The van der Waals surface area contributed by atoms with E-state index in [1.54, 1.807) is 12.1 Å². The van der Waals surface area contributed by atoms with Crippen LogP contribution in [0.25, 0.3) is 0 Å². The van der Waals surface area contributed by atoms with E-state index in [-0.39, 0.29) is 11.8 Å². The number of carbonyl (C=O) groups is 2. The molecule has 1 atom stereocenters. The van der Waals surface area contributed by atoms with E-state index in [9.17, 15) is 9.59 Å². The van der Waals surface area contributed by atoms with E-state index >= 15 is 0 Å². The van der Waals surface area contributed by atoms with Gasteiger partial charge in [-0.25, -0.2) is 4.79 Å².